The largest absolute Gasteiger partial charge is 0.339 e. The maximum absolute atomic E-state index is 12.6. The Kier molecular flexibility index (Phi) is 4.63. The van der Waals surface area contributed by atoms with Crippen LogP contribution in [0.4, 0.5) is 5.69 Å². The number of hydrogen-bond donors (Lipinski definition) is 0. The Balaban J connectivity index is 1.72. The third-order valence-corrected chi connectivity index (χ3v) is 5.22. The van der Waals surface area contributed by atoms with Gasteiger partial charge in [-0.15, -0.1) is 0 Å². The maximum atomic E-state index is 12.6. The van der Waals surface area contributed by atoms with Gasteiger partial charge in [-0.3, -0.25) is 14.9 Å². The fourth-order valence-corrected chi connectivity index (χ4v) is 3.83. The second-order valence-electron chi connectivity index (χ2n) is 5.54. The number of amides is 1. The SMILES string of the molecule is O=C(c1cc([N+](=O)[O-])ccc1Cl)N1CCC(c2ccsc2)CC1. The summed E-state index contributed by atoms with van der Waals surface area (Å²) in [6, 6.07) is 6.10. The smallest absolute Gasteiger partial charge is 0.270 e. The fourth-order valence-electron chi connectivity index (χ4n) is 2.88. The second kappa shape index (κ2) is 6.68. The van der Waals surface area contributed by atoms with Gasteiger partial charge in [0, 0.05) is 25.2 Å². The number of benzene rings is 1. The molecule has 1 saturated heterocycles. The molecular formula is C16H15ClN2O3S. The molecule has 1 aliphatic rings. The minimum Gasteiger partial charge on any atom is -0.339 e. The van der Waals surface area contributed by atoms with E-state index in [9.17, 15) is 14.9 Å². The van der Waals surface area contributed by atoms with Crippen molar-refractivity contribution in [3.05, 3.63) is 61.3 Å². The minimum absolute atomic E-state index is 0.120. The zero-order valence-corrected chi connectivity index (χ0v) is 13.8. The Labute approximate surface area is 142 Å². The molecule has 0 spiro atoms. The molecule has 7 heteroatoms. The maximum Gasteiger partial charge on any atom is 0.270 e. The second-order valence-corrected chi connectivity index (χ2v) is 6.73. The first-order chi connectivity index (χ1) is 11.1. The lowest BCUT2D eigenvalue weighted by molar-refractivity contribution is -0.384. The number of nitro groups is 1. The van der Waals surface area contributed by atoms with Gasteiger partial charge in [-0.1, -0.05) is 11.6 Å². The molecule has 2 aromatic rings. The lowest BCUT2D eigenvalue weighted by atomic mass is 9.91. The van der Waals surface area contributed by atoms with E-state index in [-0.39, 0.29) is 22.2 Å². The first-order valence-corrected chi connectivity index (χ1v) is 8.63. The molecule has 2 heterocycles. The first kappa shape index (κ1) is 16.0. The summed E-state index contributed by atoms with van der Waals surface area (Å²) in [7, 11) is 0. The van der Waals surface area contributed by atoms with Crippen LogP contribution in [0.2, 0.25) is 5.02 Å². The van der Waals surface area contributed by atoms with Crippen LogP contribution in [0.25, 0.3) is 0 Å². The van der Waals surface area contributed by atoms with Crippen LogP contribution in [0.1, 0.15) is 34.7 Å². The van der Waals surface area contributed by atoms with Gasteiger partial charge in [0.25, 0.3) is 11.6 Å². The van der Waals surface area contributed by atoms with Crippen molar-refractivity contribution in [2.75, 3.05) is 13.1 Å². The van der Waals surface area contributed by atoms with Crippen LogP contribution in [-0.4, -0.2) is 28.8 Å². The van der Waals surface area contributed by atoms with Crippen LogP contribution in [0.3, 0.4) is 0 Å². The third kappa shape index (κ3) is 3.38. The van der Waals surface area contributed by atoms with E-state index in [0.717, 1.165) is 12.8 Å². The van der Waals surface area contributed by atoms with Gasteiger partial charge < -0.3 is 4.90 Å². The molecule has 3 rings (SSSR count). The number of carbonyl (C=O) groups excluding carboxylic acids is 1. The standard InChI is InChI=1S/C16H15ClN2O3S/c17-15-2-1-13(19(21)22)9-14(15)16(20)18-6-3-11(4-7-18)12-5-8-23-10-12/h1-2,5,8-11H,3-4,6-7H2. The zero-order chi connectivity index (χ0) is 16.4. The number of piperidine rings is 1. The van der Waals surface area contributed by atoms with Crippen LogP contribution < -0.4 is 0 Å². The Morgan fingerprint density at radius 1 is 1.30 bits per heavy atom. The summed E-state index contributed by atoms with van der Waals surface area (Å²) in [5.74, 6) is 0.244. The van der Waals surface area contributed by atoms with Gasteiger partial charge in [0.15, 0.2) is 0 Å². The van der Waals surface area contributed by atoms with Crippen LogP contribution in [0.15, 0.2) is 35.0 Å². The van der Waals surface area contributed by atoms with Gasteiger partial charge in [0.1, 0.15) is 0 Å². The number of rotatable bonds is 3. The molecule has 1 aromatic heterocycles. The molecule has 5 nitrogen and oxygen atoms in total. The van der Waals surface area contributed by atoms with Gasteiger partial charge in [0.05, 0.1) is 15.5 Å². The average molecular weight is 351 g/mol. The summed E-state index contributed by atoms with van der Waals surface area (Å²) in [5.41, 5.74) is 1.41. The Morgan fingerprint density at radius 3 is 2.65 bits per heavy atom. The molecule has 0 atom stereocenters. The Morgan fingerprint density at radius 2 is 2.04 bits per heavy atom. The predicted octanol–water partition coefficient (Wildman–Crippen LogP) is 4.33. The molecule has 0 radical (unpaired) electrons. The molecular weight excluding hydrogens is 336 g/mol. The van der Waals surface area contributed by atoms with Crippen molar-refractivity contribution >= 4 is 34.5 Å². The molecule has 0 unspecified atom stereocenters. The molecule has 23 heavy (non-hydrogen) atoms. The normalized spacial score (nSPS) is 15.6. The highest BCUT2D eigenvalue weighted by atomic mass is 35.5. The Hall–Kier alpha value is -1.92. The molecule has 1 aliphatic heterocycles. The molecule has 1 aromatic carbocycles. The molecule has 0 aliphatic carbocycles. The summed E-state index contributed by atoms with van der Waals surface area (Å²) in [5, 5.41) is 15.3. The number of carbonyl (C=O) groups is 1. The van der Waals surface area contributed by atoms with Crippen LogP contribution in [0, 0.1) is 10.1 Å². The van der Waals surface area contributed by atoms with Gasteiger partial charge >= 0.3 is 0 Å². The monoisotopic (exact) mass is 350 g/mol. The number of halogens is 1. The quantitative estimate of drug-likeness (QED) is 0.611. The molecule has 0 bridgehead atoms. The van der Waals surface area contributed by atoms with E-state index in [0.29, 0.717) is 19.0 Å². The summed E-state index contributed by atoms with van der Waals surface area (Å²) in [4.78, 5) is 24.7. The molecule has 0 N–H and O–H groups in total. The lowest BCUT2D eigenvalue weighted by Gasteiger charge is -2.32. The van der Waals surface area contributed by atoms with Crippen LogP contribution in [0.5, 0.6) is 0 Å². The fraction of sp³-hybridized carbons (Fsp3) is 0.312. The van der Waals surface area contributed by atoms with Crippen molar-refractivity contribution in [2.24, 2.45) is 0 Å². The molecule has 0 saturated carbocycles. The number of non-ortho nitro benzene ring substituents is 1. The number of nitro benzene ring substituents is 1. The van der Waals surface area contributed by atoms with Crippen molar-refractivity contribution in [3.63, 3.8) is 0 Å². The van der Waals surface area contributed by atoms with E-state index in [1.165, 1.54) is 23.8 Å². The summed E-state index contributed by atoms with van der Waals surface area (Å²) < 4.78 is 0. The van der Waals surface area contributed by atoms with Crippen LogP contribution >= 0.6 is 22.9 Å². The average Bonchev–Trinajstić information content (AvgIpc) is 3.09. The van der Waals surface area contributed by atoms with E-state index >= 15 is 0 Å². The van der Waals surface area contributed by atoms with E-state index in [1.54, 1.807) is 16.2 Å². The highest BCUT2D eigenvalue weighted by Gasteiger charge is 2.26. The van der Waals surface area contributed by atoms with Gasteiger partial charge in [-0.25, -0.2) is 0 Å². The number of thiophene rings is 1. The van der Waals surface area contributed by atoms with Crippen molar-refractivity contribution in [2.45, 2.75) is 18.8 Å². The van der Waals surface area contributed by atoms with E-state index in [1.807, 2.05) is 0 Å². The lowest BCUT2D eigenvalue weighted by Crippen LogP contribution is -2.38. The van der Waals surface area contributed by atoms with Gasteiger partial charge in [0.2, 0.25) is 0 Å². The van der Waals surface area contributed by atoms with E-state index < -0.39 is 4.92 Å². The van der Waals surface area contributed by atoms with Crippen molar-refractivity contribution in [1.29, 1.82) is 0 Å². The first-order valence-electron chi connectivity index (χ1n) is 7.31. The number of likely N-dealkylation sites (tertiary alicyclic amines) is 1. The van der Waals surface area contributed by atoms with E-state index in [2.05, 4.69) is 16.8 Å². The topological polar surface area (TPSA) is 63.4 Å². The number of nitrogens with zero attached hydrogens (tertiary/aromatic N) is 2. The molecule has 1 fully saturated rings. The molecule has 1 amide bonds. The highest BCUT2D eigenvalue weighted by Crippen LogP contribution is 2.31. The highest BCUT2D eigenvalue weighted by molar-refractivity contribution is 7.07. The van der Waals surface area contributed by atoms with Gasteiger partial charge in [-0.05, 0) is 47.2 Å². The summed E-state index contributed by atoms with van der Waals surface area (Å²) in [6.45, 7) is 1.27. The number of hydrogen-bond acceptors (Lipinski definition) is 4. The molecule has 120 valence electrons. The van der Waals surface area contributed by atoms with E-state index in [4.69, 9.17) is 11.6 Å². The van der Waals surface area contributed by atoms with Crippen LogP contribution in [-0.2, 0) is 0 Å². The zero-order valence-electron chi connectivity index (χ0n) is 12.3. The van der Waals surface area contributed by atoms with Crippen molar-refractivity contribution in [3.8, 4) is 0 Å². The third-order valence-electron chi connectivity index (χ3n) is 4.19. The summed E-state index contributed by atoms with van der Waals surface area (Å²) >= 11 is 7.74. The van der Waals surface area contributed by atoms with Gasteiger partial charge in [-0.2, -0.15) is 11.3 Å². The summed E-state index contributed by atoms with van der Waals surface area (Å²) in [6.07, 6.45) is 1.80. The minimum atomic E-state index is -0.518. The van der Waals surface area contributed by atoms with Crippen molar-refractivity contribution < 1.29 is 9.72 Å². The van der Waals surface area contributed by atoms with Crippen molar-refractivity contribution in [1.82, 2.24) is 4.90 Å². The predicted molar refractivity (Wildman–Crippen MR) is 90.3 cm³/mol. The Bertz CT molecular complexity index is 725.